The van der Waals surface area contributed by atoms with Gasteiger partial charge in [0.25, 0.3) is 5.56 Å². The van der Waals surface area contributed by atoms with Crippen LogP contribution in [-0.4, -0.2) is 26.6 Å². The van der Waals surface area contributed by atoms with Crippen molar-refractivity contribution in [3.8, 4) is 0 Å². The Morgan fingerprint density at radius 1 is 1.11 bits per heavy atom. The predicted molar refractivity (Wildman–Crippen MR) is 113 cm³/mol. The smallest absolute Gasteiger partial charge is 0.261 e. The van der Waals surface area contributed by atoms with Crippen LogP contribution in [-0.2, 0) is 4.79 Å². The number of aromatic nitrogens is 3. The molecule has 2 aromatic heterocycles. The van der Waals surface area contributed by atoms with E-state index in [1.54, 1.807) is 0 Å². The van der Waals surface area contributed by atoms with Crippen LogP contribution in [0.4, 0.5) is 5.69 Å². The highest BCUT2D eigenvalue weighted by Crippen LogP contribution is 2.23. The Labute approximate surface area is 165 Å². The van der Waals surface area contributed by atoms with Crippen LogP contribution in [0.1, 0.15) is 11.3 Å². The number of nitrogens with zero attached hydrogens (tertiary/aromatic N) is 2. The number of fused-ring (bicyclic) bond motifs is 2. The topological polar surface area (TPSA) is 87.7 Å². The van der Waals surface area contributed by atoms with Crippen molar-refractivity contribution in [2.75, 3.05) is 11.1 Å². The first-order valence-corrected chi connectivity index (χ1v) is 9.78. The fourth-order valence-electron chi connectivity index (χ4n) is 3.19. The maximum Gasteiger partial charge on any atom is 0.261 e. The van der Waals surface area contributed by atoms with Gasteiger partial charge in [0.1, 0.15) is 0 Å². The molecule has 0 spiro atoms. The molecule has 140 valence electrons. The average molecular weight is 390 g/mol. The molecule has 0 unspecified atom stereocenters. The highest BCUT2D eigenvalue weighted by Gasteiger charge is 2.11. The molecule has 0 fully saturated rings. The number of aromatic amines is 1. The molecule has 2 N–H and O–H groups in total. The molecule has 4 rings (SSSR count). The van der Waals surface area contributed by atoms with Crippen molar-refractivity contribution >= 4 is 45.2 Å². The summed E-state index contributed by atoms with van der Waals surface area (Å²) in [5.74, 6) is -0.0416. The number of hydrogen-bond acceptors (Lipinski definition) is 5. The molecule has 28 heavy (non-hydrogen) atoms. The highest BCUT2D eigenvalue weighted by atomic mass is 32.2. The molecular formula is C21H18N4O2S. The second-order valence-corrected chi connectivity index (χ2v) is 7.48. The summed E-state index contributed by atoms with van der Waals surface area (Å²) in [7, 11) is 0. The van der Waals surface area contributed by atoms with Gasteiger partial charge in [0.2, 0.25) is 5.91 Å². The zero-order valence-corrected chi connectivity index (χ0v) is 16.3. The molecule has 0 bridgehead atoms. The monoisotopic (exact) mass is 390 g/mol. The van der Waals surface area contributed by atoms with Gasteiger partial charge in [-0.25, -0.2) is 9.97 Å². The third-order valence-corrected chi connectivity index (χ3v) is 5.26. The van der Waals surface area contributed by atoms with Crippen LogP contribution in [0.15, 0.2) is 58.5 Å². The summed E-state index contributed by atoms with van der Waals surface area (Å²) >= 11 is 1.18. The second kappa shape index (κ2) is 7.44. The van der Waals surface area contributed by atoms with Gasteiger partial charge < -0.3 is 10.3 Å². The summed E-state index contributed by atoms with van der Waals surface area (Å²) in [6.45, 7) is 3.72. The number of rotatable bonds is 4. The van der Waals surface area contributed by atoms with E-state index in [1.165, 1.54) is 11.8 Å². The van der Waals surface area contributed by atoms with E-state index in [4.69, 9.17) is 0 Å². The van der Waals surface area contributed by atoms with Crippen molar-refractivity contribution in [3.63, 3.8) is 0 Å². The molecule has 0 aliphatic heterocycles. The van der Waals surface area contributed by atoms with Crippen LogP contribution in [0.5, 0.6) is 0 Å². The summed E-state index contributed by atoms with van der Waals surface area (Å²) in [6.07, 6.45) is 0. The first kappa shape index (κ1) is 18.2. The van der Waals surface area contributed by atoms with Gasteiger partial charge in [0.05, 0.1) is 11.1 Å². The summed E-state index contributed by atoms with van der Waals surface area (Å²) in [6, 6.07) is 15.5. The van der Waals surface area contributed by atoms with E-state index in [-0.39, 0.29) is 17.2 Å². The van der Waals surface area contributed by atoms with Crippen LogP contribution in [0, 0.1) is 13.8 Å². The summed E-state index contributed by atoms with van der Waals surface area (Å²) < 4.78 is 0. The van der Waals surface area contributed by atoms with Crippen LogP contribution in [0.3, 0.4) is 0 Å². The minimum absolute atomic E-state index is 0.127. The Morgan fingerprint density at radius 3 is 2.75 bits per heavy atom. The van der Waals surface area contributed by atoms with E-state index in [2.05, 4.69) is 20.3 Å². The van der Waals surface area contributed by atoms with Gasteiger partial charge in [-0.3, -0.25) is 9.59 Å². The van der Waals surface area contributed by atoms with Crippen molar-refractivity contribution < 1.29 is 4.79 Å². The number of amides is 1. The molecule has 0 atom stereocenters. The number of benzene rings is 2. The van der Waals surface area contributed by atoms with Crippen LogP contribution >= 0.6 is 11.8 Å². The lowest BCUT2D eigenvalue weighted by Gasteiger charge is -2.09. The number of carbonyl (C=O) groups is 1. The Bertz CT molecular complexity index is 1260. The maximum absolute atomic E-state index is 12.4. The normalized spacial score (nSPS) is 11.1. The maximum atomic E-state index is 12.4. The van der Waals surface area contributed by atoms with E-state index >= 15 is 0 Å². The number of pyridine rings is 1. The first-order chi connectivity index (χ1) is 13.5. The molecule has 0 radical (unpaired) electrons. The van der Waals surface area contributed by atoms with Crippen molar-refractivity contribution in [1.82, 2.24) is 15.0 Å². The molecule has 0 aliphatic rings. The third kappa shape index (κ3) is 3.61. The minimum atomic E-state index is -0.244. The fourth-order valence-corrected chi connectivity index (χ4v) is 3.84. The van der Waals surface area contributed by atoms with Gasteiger partial charge in [-0.05, 0) is 36.9 Å². The van der Waals surface area contributed by atoms with E-state index in [1.807, 2.05) is 62.4 Å². The molecule has 0 saturated heterocycles. The van der Waals surface area contributed by atoms with Gasteiger partial charge in [-0.15, -0.1) is 0 Å². The zero-order chi connectivity index (χ0) is 19.7. The molecule has 7 heteroatoms. The molecule has 6 nitrogen and oxygen atoms in total. The molecule has 2 heterocycles. The molecule has 0 saturated carbocycles. The lowest BCUT2D eigenvalue weighted by atomic mass is 10.1. The van der Waals surface area contributed by atoms with E-state index in [0.717, 1.165) is 27.7 Å². The summed E-state index contributed by atoms with van der Waals surface area (Å²) in [5, 5.41) is 5.83. The number of aryl methyl sites for hydroxylation is 2. The molecule has 1 amide bonds. The lowest BCUT2D eigenvalue weighted by Crippen LogP contribution is -2.16. The molecule has 2 aromatic carbocycles. The molecule has 4 aromatic rings. The Morgan fingerprint density at radius 2 is 1.89 bits per heavy atom. The van der Waals surface area contributed by atoms with Gasteiger partial charge in [0, 0.05) is 16.8 Å². The minimum Gasteiger partial charge on any atom is -0.325 e. The Hall–Kier alpha value is -3.19. The van der Waals surface area contributed by atoms with Gasteiger partial charge in [-0.1, -0.05) is 48.2 Å². The van der Waals surface area contributed by atoms with Crippen LogP contribution < -0.4 is 10.9 Å². The quantitative estimate of drug-likeness (QED) is 0.409. The van der Waals surface area contributed by atoms with E-state index in [9.17, 15) is 9.59 Å². The Kier molecular flexibility index (Phi) is 4.83. The Balaban J connectivity index is 1.53. The van der Waals surface area contributed by atoms with Crippen molar-refractivity contribution in [1.29, 1.82) is 0 Å². The molecular weight excluding hydrogens is 372 g/mol. The highest BCUT2D eigenvalue weighted by molar-refractivity contribution is 7.99. The molecule has 0 aliphatic carbocycles. The van der Waals surface area contributed by atoms with Gasteiger partial charge >= 0.3 is 0 Å². The van der Waals surface area contributed by atoms with E-state index in [0.29, 0.717) is 16.2 Å². The number of H-pyrrole nitrogens is 1. The van der Waals surface area contributed by atoms with Gasteiger partial charge in [0.15, 0.2) is 10.8 Å². The van der Waals surface area contributed by atoms with Gasteiger partial charge in [-0.2, -0.15) is 0 Å². The average Bonchev–Trinajstić information content (AvgIpc) is 2.66. The van der Waals surface area contributed by atoms with Crippen LogP contribution in [0.25, 0.3) is 21.8 Å². The first-order valence-electron chi connectivity index (χ1n) is 8.80. The van der Waals surface area contributed by atoms with E-state index < -0.39 is 0 Å². The number of anilines is 1. The second-order valence-electron chi connectivity index (χ2n) is 6.51. The standard InChI is InChI=1S/C21H18N4O2S/c1-12-10-13(2)22-19-18(12)20(27)25-21(24-19)28-11-17(26)23-16-9-5-7-14-6-3-4-8-15(14)16/h3-10H,11H2,1-2H3,(H,23,26)(H,22,24,25,27). The van der Waals surface area contributed by atoms with Crippen molar-refractivity contribution in [2.45, 2.75) is 19.0 Å². The SMILES string of the molecule is Cc1cc(C)c2c(=O)[nH]c(SCC(=O)Nc3cccc4ccccc34)nc2n1. The van der Waals surface area contributed by atoms with Crippen molar-refractivity contribution in [2.24, 2.45) is 0 Å². The number of hydrogen-bond donors (Lipinski definition) is 2. The largest absolute Gasteiger partial charge is 0.325 e. The van der Waals surface area contributed by atoms with Crippen LogP contribution in [0.2, 0.25) is 0 Å². The number of thioether (sulfide) groups is 1. The fraction of sp³-hybridized carbons (Fsp3) is 0.143. The predicted octanol–water partition coefficient (Wildman–Crippen LogP) is 3.82. The lowest BCUT2D eigenvalue weighted by molar-refractivity contribution is -0.113. The number of nitrogens with one attached hydrogen (secondary N) is 2. The number of carbonyl (C=O) groups excluding carboxylic acids is 1. The van der Waals surface area contributed by atoms with Crippen molar-refractivity contribution in [3.05, 3.63) is 70.1 Å². The zero-order valence-electron chi connectivity index (χ0n) is 15.4. The summed E-state index contributed by atoms with van der Waals surface area (Å²) in [5.41, 5.74) is 2.55. The third-order valence-electron chi connectivity index (χ3n) is 4.38. The summed E-state index contributed by atoms with van der Waals surface area (Å²) in [4.78, 5) is 36.3.